The van der Waals surface area contributed by atoms with Crippen LogP contribution >= 0.6 is 0 Å². The molecule has 1 aromatic carbocycles. The molecule has 0 aliphatic carbocycles. The monoisotopic (exact) mass is 343 g/mol. The van der Waals surface area contributed by atoms with Gasteiger partial charge in [-0.05, 0) is 19.3 Å². The molecule has 0 bridgehead atoms. The van der Waals surface area contributed by atoms with Crippen LogP contribution in [0, 0.1) is 0 Å². The number of hydrogen-bond donors (Lipinski definition) is 2. The van der Waals surface area contributed by atoms with Crippen LogP contribution in [0.4, 0.5) is 4.79 Å². The third-order valence-electron chi connectivity index (χ3n) is 4.42. The van der Waals surface area contributed by atoms with Gasteiger partial charge in [0.25, 0.3) is 0 Å². The van der Waals surface area contributed by atoms with E-state index >= 15 is 0 Å². The first-order valence-electron chi connectivity index (χ1n) is 8.80. The Balaban J connectivity index is 1.42. The predicted octanol–water partition coefficient (Wildman–Crippen LogP) is 1.89. The minimum Gasteiger partial charge on any atom is -0.381 e. The molecule has 2 heterocycles. The van der Waals surface area contributed by atoms with Gasteiger partial charge >= 0.3 is 6.03 Å². The standard InChI is InChI=1S/C18H25N5O2/c1-23-16(21-22-17(23)14-6-3-2-4-7-14)8-5-11-19-18(24)20-15-9-12-25-13-10-15/h2-4,6-7,15H,5,8-13H2,1H3,(H2,19,20,24). The zero-order valence-electron chi connectivity index (χ0n) is 14.6. The lowest BCUT2D eigenvalue weighted by Gasteiger charge is -2.23. The fourth-order valence-corrected chi connectivity index (χ4v) is 2.94. The number of amides is 2. The molecular formula is C18H25N5O2. The molecule has 1 aromatic heterocycles. The highest BCUT2D eigenvalue weighted by Crippen LogP contribution is 2.16. The summed E-state index contributed by atoms with van der Waals surface area (Å²) in [5.74, 6) is 1.78. The highest BCUT2D eigenvalue weighted by molar-refractivity contribution is 5.74. The molecule has 0 radical (unpaired) electrons. The van der Waals surface area contributed by atoms with Crippen molar-refractivity contribution in [3.05, 3.63) is 36.2 Å². The third kappa shape index (κ3) is 4.79. The van der Waals surface area contributed by atoms with Gasteiger partial charge in [-0.15, -0.1) is 10.2 Å². The first kappa shape index (κ1) is 17.4. The Morgan fingerprint density at radius 1 is 1.24 bits per heavy atom. The van der Waals surface area contributed by atoms with E-state index in [2.05, 4.69) is 20.8 Å². The second-order valence-electron chi connectivity index (χ2n) is 6.26. The van der Waals surface area contributed by atoms with Gasteiger partial charge in [0.15, 0.2) is 5.82 Å². The van der Waals surface area contributed by atoms with Crippen molar-refractivity contribution in [2.45, 2.75) is 31.7 Å². The second kappa shape index (κ2) is 8.62. The van der Waals surface area contributed by atoms with Crippen LogP contribution in [0.2, 0.25) is 0 Å². The van der Waals surface area contributed by atoms with Crippen molar-refractivity contribution >= 4 is 6.03 Å². The average Bonchev–Trinajstić information content (AvgIpc) is 3.01. The fraction of sp³-hybridized carbons (Fsp3) is 0.500. The SMILES string of the molecule is Cn1c(CCCNC(=O)NC2CCOCC2)nnc1-c1ccccc1. The molecule has 7 heteroatoms. The largest absolute Gasteiger partial charge is 0.381 e. The molecule has 1 fully saturated rings. The van der Waals surface area contributed by atoms with E-state index in [0.29, 0.717) is 6.54 Å². The maximum absolute atomic E-state index is 11.9. The molecule has 7 nitrogen and oxygen atoms in total. The second-order valence-corrected chi connectivity index (χ2v) is 6.26. The Bertz CT molecular complexity index is 680. The third-order valence-corrected chi connectivity index (χ3v) is 4.42. The number of urea groups is 1. The van der Waals surface area contributed by atoms with Crippen molar-refractivity contribution in [2.24, 2.45) is 7.05 Å². The van der Waals surface area contributed by atoms with E-state index in [0.717, 1.165) is 56.1 Å². The van der Waals surface area contributed by atoms with E-state index in [1.165, 1.54) is 0 Å². The number of aromatic nitrogens is 3. The normalized spacial score (nSPS) is 15.1. The number of nitrogens with one attached hydrogen (secondary N) is 2. The van der Waals surface area contributed by atoms with Crippen LogP contribution in [0.3, 0.4) is 0 Å². The number of aryl methyl sites for hydroxylation is 1. The number of nitrogens with zero attached hydrogens (tertiary/aromatic N) is 3. The molecule has 25 heavy (non-hydrogen) atoms. The maximum atomic E-state index is 11.9. The van der Waals surface area contributed by atoms with Crippen LogP contribution in [-0.4, -0.2) is 46.6 Å². The predicted molar refractivity (Wildman–Crippen MR) is 95.1 cm³/mol. The first-order valence-corrected chi connectivity index (χ1v) is 8.80. The number of ether oxygens (including phenoxy) is 1. The van der Waals surface area contributed by atoms with Crippen molar-refractivity contribution in [2.75, 3.05) is 19.8 Å². The van der Waals surface area contributed by atoms with Gasteiger partial charge in [0.05, 0.1) is 0 Å². The topological polar surface area (TPSA) is 81.1 Å². The van der Waals surface area contributed by atoms with E-state index in [1.807, 2.05) is 41.9 Å². The van der Waals surface area contributed by atoms with Crippen molar-refractivity contribution in [3.63, 3.8) is 0 Å². The Labute approximate surface area is 147 Å². The summed E-state index contributed by atoms with van der Waals surface area (Å²) in [6.07, 6.45) is 3.36. The molecule has 2 N–H and O–H groups in total. The lowest BCUT2D eigenvalue weighted by molar-refractivity contribution is 0.0801. The summed E-state index contributed by atoms with van der Waals surface area (Å²) in [5.41, 5.74) is 1.05. The Hall–Kier alpha value is -2.41. The Kier molecular flexibility index (Phi) is 6.00. The summed E-state index contributed by atoms with van der Waals surface area (Å²) in [7, 11) is 1.98. The number of benzene rings is 1. The van der Waals surface area contributed by atoms with E-state index in [9.17, 15) is 4.79 Å². The van der Waals surface area contributed by atoms with Crippen LogP contribution in [0.25, 0.3) is 11.4 Å². The number of hydrogen-bond acceptors (Lipinski definition) is 4. The van der Waals surface area contributed by atoms with Gasteiger partial charge < -0.3 is 19.9 Å². The van der Waals surface area contributed by atoms with E-state index in [-0.39, 0.29) is 12.1 Å². The summed E-state index contributed by atoms with van der Waals surface area (Å²) >= 11 is 0. The zero-order valence-corrected chi connectivity index (χ0v) is 14.6. The van der Waals surface area contributed by atoms with Crippen molar-refractivity contribution in [1.82, 2.24) is 25.4 Å². The average molecular weight is 343 g/mol. The minimum atomic E-state index is -0.102. The summed E-state index contributed by atoms with van der Waals surface area (Å²) in [6, 6.07) is 10.1. The molecule has 2 aromatic rings. The molecule has 1 aliphatic heterocycles. The van der Waals surface area contributed by atoms with Gasteiger partial charge in [0, 0.05) is 44.8 Å². The quantitative estimate of drug-likeness (QED) is 0.785. The maximum Gasteiger partial charge on any atom is 0.315 e. The number of carbonyl (C=O) groups is 1. The Morgan fingerprint density at radius 3 is 2.76 bits per heavy atom. The van der Waals surface area contributed by atoms with Crippen LogP contribution in [0.5, 0.6) is 0 Å². The number of rotatable bonds is 6. The molecule has 2 amide bonds. The molecule has 134 valence electrons. The van der Waals surface area contributed by atoms with Crippen molar-refractivity contribution < 1.29 is 9.53 Å². The highest BCUT2D eigenvalue weighted by Gasteiger charge is 2.15. The van der Waals surface area contributed by atoms with Crippen LogP contribution < -0.4 is 10.6 Å². The summed E-state index contributed by atoms with van der Waals surface area (Å²) in [6.45, 7) is 2.06. The molecule has 0 unspecified atom stereocenters. The van der Waals surface area contributed by atoms with Gasteiger partial charge in [0.2, 0.25) is 0 Å². The fourth-order valence-electron chi connectivity index (χ4n) is 2.94. The summed E-state index contributed by atoms with van der Waals surface area (Å²) < 4.78 is 7.30. The van der Waals surface area contributed by atoms with Gasteiger partial charge in [-0.25, -0.2) is 4.79 Å². The van der Waals surface area contributed by atoms with Crippen LogP contribution in [0.1, 0.15) is 25.1 Å². The van der Waals surface area contributed by atoms with E-state index < -0.39 is 0 Å². The minimum absolute atomic E-state index is 0.102. The molecule has 0 atom stereocenters. The Morgan fingerprint density at radius 2 is 2.00 bits per heavy atom. The lowest BCUT2D eigenvalue weighted by Crippen LogP contribution is -2.44. The van der Waals surface area contributed by atoms with Gasteiger partial charge in [-0.1, -0.05) is 30.3 Å². The number of carbonyl (C=O) groups excluding carboxylic acids is 1. The molecule has 1 saturated heterocycles. The molecule has 0 spiro atoms. The molecular weight excluding hydrogens is 318 g/mol. The van der Waals surface area contributed by atoms with Crippen LogP contribution in [0.15, 0.2) is 30.3 Å². The van der Waals surface area contributed by atoms with Gasteiger partial charge in [-0.3, -0.25) is 0 Å². The smallest absolute Gasteiger partial charge is 0.315 e. The highest BCUT2D eigenvalue weighted by atomic mass is 16.5. The first-order chi connectivity index (χ1) is 12.2. The van der Waals surface area contributed by atoms with E-state index in [4.69, 9.17) is 4.74 Å². The van der Waals surface area contributed by atoms with Gasteiger partial charge in [0.1, 0.15) is 5.82 Å². The molecule has 0 saturated carbocycles. The summed E-state index contributed by atoms with van der Waals surface area (Å²) in [5, 5.41) is 14.5. The summed E-state index contributed by atoms with van der Waals surface area (Å²) in [4.78, 5) is 11.9. The van der Waals surface area contributed by atoms with Crippen molar-refractivity contribution in [3.8, 4) is 11.4 Å². The van der Waals surface area contributed by atoms with Crippen LogP contribution in [-0.2, 0) is 18.2 Å². The zero-order chi connectivity index (χ0) is 17.5. The lowest BCUT2D eigenvalue weighted by atomic mass is 10.1. The van der Waals surface area contributed by atoms with E-state index in [1.54, 1.807) is 0 Å². The van der Waals surface area contributed by atoms with Gasteiger partial charge in [-0.2, -0.15) is 0 Å². The van der Waals surface area contributed by atoms with Crippen molar-refractivity contribution in [1.29, 1.82) is 0 Å². The molecule has 1 aliphatic rings. The molecule has 3 rings (SSSR count).